The van der Waals surface area contributed by atoms with Crippen LogP contribution in [-0.4, -0.2) is 31.5 Å². The third-order valence-electron chi connectivity index (χ3n) is 3.60. The Labute approximate surface area is 168 Å². The molecule has 140 valence electrons. The Morgan fingerprint density at radius 2 is 2.26 bits per heavy atom. The minimum absolute atomic E-state index is 0.101. The zero-order valence-corrected chi connectivity index (χ0v) is 16.7. The smallest absolute Gasteiger partial charge is 0.230 e. The predicted octanol–water partition coefficient (Wildman–Crippen LogP) is 3.60. The quantitative estimate of drug-likeness (QED) is 0.403. The zero-order chi connectivity index (χ0) is 19.2. The summed E-state index contributed by atoms with van der Waals surface area (Å²) in [6, 6.07) is 8.66. The van der Waals surface area contributed by atoms with Gasteiger partial charge in [0.1, 0.15) is 11.5 Å². The first-order valence-corrected chi connectivity index (χ1v) is 9.81. The lowest BCUT2D eigenvalue weighted by Gasteiger charge is -2.09. The molecule has 27 heavy (non-hydrogen) atoms. The molecule has 0 atom stereocenters. The fraction of sp³-hybridized carbons (Fsp3) is 0.167. The van der Waals surface area contributed by atoms with Crippen LogP contribution in [0.2, 0.25) is 0 Å². The summed E-state index contributed by atoms with van der Waals surface area (Å²) < 4.78 is 7.80. The summed E-state index contributed by atoms with van der Waals surface area (Å²) in [7, 11) is 0. The van der Waals surface area contributed by atoms with Crippen molar-refractivity contribution in [2.24, 2.45) is 0 Å². The van der Waals surface area contributed by atoms with E-state index in [0.717, 1.165) is 4.47 Å². The number of carbonyl (C=O) groups is 1. The van der Waals surface area contributed by atoms with Crippen molar-refractivity contribution in [1.29, 1.82) is 0 Å². The molecule has 0 radical (unpaired) electrons. The third-order valence-corrected chi connectivity index (χ3v) is 5.06. The van der Waals surface area contributed by atoms with Crippen LogP contribution in [0.15, 0.2) is 63.3 Å². The molecule has 2 heterocycles. The van der Waals surface area contributed by atoms with Gasteiger partial charge in [-0.25, -0.2) is 0 Å². The van der Waals surface area contributed by atoms with E-state index in [2.05, 4.69) is 38.0 Å². The summed E-state index contributed by atoms with van der Waals surface area (Å²) in [6.45, 7) is 4.54. The number of aromatic nitrogens is 3. The maximum absolute atomic E-state index is 12.1. The zero-order valence-electron chi connectivity index (χ0n) is 14.3. The van der Waals surface area contributed by atoms with Crippen LogP contribution in [0.25, 0.3) is 11.4 Å². The molecule has 0 bridgehead atoms. The number of nitrogens with zero attached hydrogens (tertiary/aromatic N) is 3. The lowest BCUT2D eigenvalue weighted by molar-refractivity contribution is -0.118. The number of nitrogens with one attached hydrogen (secondary N) is 1. The number of hydrogen-bond acceptors (Lipinski definition) is 6. The molecule has 2 aromatic heterocycles. The monoisotopic (exact) mass is 448 g/mol. The van der Waals surface area contributed by atoms with Crippen molar-refractivity contribution in [3.05, 3.63) is 59.5 Å². The molecule has 9 heteroatoms. The SMILES string of the molecule is C=CCn1c(SCC(=O)NCc2ccco2)nnc1-c1cc(Br)ccc1O. The molecule has 0 aliphatic heterocycles. The van der Waals surface area contributed by atoms with Crippen LogP contribution in [0.5, 0.6) is 5.75 Å². The molecule has 7 nitrogen and oxygen atoms in total. The number of rotatable bonds is 8. The van der Waals surface area contributed by atoms with Crippen molar-refractivity contribution in [3.63, 3.8) is 0 Å². The van der Waals surface area contributed by atoms with Gasteiger partial charge in [0.2, 0.25) is 5.91 Å². The molecule has 0 aliphatic rings. The van der Waals surface area contributed by atoms with E-state index in [-0.39, 0.29) is 17.4 Å². The van der Waals surface area contributed by atoms with E-state index < -0.39 is 0 Å². The Morgan fingerprint density at radius 3 is 3.00 bits per heavy atom. The molecule has 0 aliphatic carbocycles. The van der Waals surface area contributed by atoms with Crippen molar-refractivity contribution in [2.75, 3.05) is 5.75 Å². The van der Waals surface area contributed by atoms with E-state index in [1.807, 2.05) is 0 Å². The number of benzene rings is 1. The van der Waals surface area contributed by atoms with Gasteiger partial charge in [-0.3, -0.25) is 9.36 Å². The number of hydrogen-bond donors (Lipinski definition) is 2. The molecule has 1 aromatic carbocycles. The summed E-state index contributed by atoms with van der Waals surface area (Å²) in [5.74, 6) is 1.34. The van der Waals surface area contributed by atoms with Crippen molar-refractivity contribution < 1.29 is 14.3 Å². The number of furan rings is 1. The van der Waals surface area contributed by atoms with Crippen LogP contribution in [0.4, 0.5) is 0 Å². The second-order valence-corrected chi connectivity index (χ2v) is 7.37. The lowest BCUT2D eigenvalue weighted by atomic mass is 10.2. The van der Waals surface area contributed by atoms with Gasteiger partial charge in [0, 0.05) is 11.0 Å². The van der Waals surface area contributed by atoms with Gasteiger partial charge in [-0.15, -0.1) is 16.8 Å². The summed E-state index contributed by atoms with van der Waals surface area (Å²) >= 11 is 4.66. The van der Waals surface area contributed by atoms with Crippen LogP contribution >= 0.6 is 27.7 Å². The second kappa shape index (κ2) is 8.92. The molecule has 0 unspecified atom stereocenters. The highest BCUT2D eigenvalue weighted by Gasteiger charge is 2.17. The summed E-state index contributed by atoms with van der Waals surface area (Å²) in [5, 5.41) is 21.9. The molecule has 0 saturated carbocycles. The minimum atomic E-state index is -0.142. The van der Waals surface area contributed by atoms with Crippen molar-refractivity contribution in [3.8, 4) is 17.1 Å². The van der Waals surface area contributed by atoms with E-state index in [1.165, 1.54) is 11.8 Å². The fourth-order valence-corrected chi connectivity index (χ4v) is 3.49. The highest BCUT2D eigenvalue weighted by Crippen LogP contribution is 2.32. The number of thioether (sulfide) groups is 1. The highest BCUT2D eigenvalue weighted by atomic mass is 79.9. The van der Waals surface area contributed by atoms with E-state index in [0.29, 0.717) is 35.4 Å². The summed E-state index contributed by atoms with van der Waals surface area (Å²) in [4.78, 5) is 12.1. The molecule has 0 fully saturated rings. The Balaban J connectivity index is 1.72. The normalized spacial score (nSPS) is 10.7. The van der Waals surface area contributed by atoms with Crippen LogP contribution in [0.1, 0.15) is 5.76 Å². The summed E-state index contributed by atoms with van der Waals surface area (Å²) in [6.07, 6.45) is 3.27. The van der Waals surface area contributed by atoms with Crippen LogP contribution in [0, 0.1) is 0 Å². The standard InChI is InChI=1S/C18H17BrN4O3S/c1-2-7-23-17(14-9-12(19)5-6-15(14)24)21-22-18(23)27-11-16(25)20-10-13-4-3-8-26-13/h2-6,8-9,24H,1,7,10-11H2,(H,20,25). The molecule has 3 rings (SSSR count). The van der Waals surface area contributed by atoms with Crippen molar-refractivity contribution in [1.82, 2.24) is 20.1 Å². The molecule has 1 amide bonds. The second-order valence-electron chi connectivity index (χ2n) is 5.51. The molecule has 3 aromatic rings. The first-order chi connectivity index (χ1) is 13.1. The average Bonchev–Trinajstić information content (AvgIpc) is 3.31. The first-order valence-electron chi connectivity index (χ1n) is 8.03. The van der Waals surface area contributed by atoms with Gasteiger partial charge in [-0.05, 0) is 30.3 Å². The number of amides is 1. The molecule has 0 spiro atoms. The van der Waals surface area contributed by atoms with E-state index in [9.17, 15) is 9.90 Å². The van der Waals surface area contributed by atoms with Gasteiger partial charge >= 0.3 is 0 Å². The van der Waals surface area contributed by atoms with Crippen molar-refractivity contribution in [2.45, 2.75) is 18.2 Å². The van der Waals surface area contributed by atoms with E-state index >= 15 is 0 Å². The Bertz CT molecular complexity index is 940. The first kappa shape index (κ1) is 19.2. The predicted molar refractivity (Wildman–Crippen MR) is 106 cm³/mol. The van der Waals surface area contributed by atoms with Gasteiger partial charge in [-0.2, -0.15) is 0 Å². The number of carbonyl (C=O) groups excluding carboxylic acids is 1. The number of aromatic hydroxyl groups is 1. The molecule has 0 saturated heterocycles. The maximum atomic E-state index is 12.1. The number of phenolic OH excluding ortho intramolecular Hbond substituents is 1. The average molecular weight is 449 g/mol. The third kappa shape index (κ3) is 4.81. The topological polar surface area (TPSA) is 93.2 Å². The van der Waals surface area contributed by atoms with E-state index in [4.69, 9.17) is 4.42 Å². The van der Waals surface area contributed by atoms with Crippen LogP contribution in [-0.2, 0) is 17.9 Å². The molecular weight excluding hydrogens is 432 g/mol. The van der Waals surface area contributed by atoms with Gasteiger partial charge in [0.15, 0.2) is 11.0 Å². The number of halogens is 1. The van der Waals surface area contributed by atoms with Gasteiger partial charge in [0.25, 0.3) is 0 Å². The van der Waals surface area contributed by atoms with Gasteiger partial charge in [-0.1, -0.05) is 33.8 Å². The Morgan fingerprint density at radius 1 is 1.41 bits per heavy atom. The Hall–Kier alpha value is -2.52. The maximum Gasteiger partial charge on any atom is 0.230 e. The summed E-state index contributed by atoms with van der Waals surface area (Å²) in [5.41, 5.74) is 0.549. The highest BCUT2D eigenvalue weighted by molar-refractivity contribution is 9.10. The van der Waals surface area contributed by atoms with Crippen LogP contribution < -0.4 is 5.32 Å². The molecule has 2 N–H and O–H groups in total. The van der Waals surface area contributed by atoms with Gasteiger partial charge < -0.3 is 14.8 Å². The molecular formula is C18H17BrN4O3S. The lowest BCUT2D eigenvalue weighted by Crippen LogP contribution is -2.24. The van der Waals surface area contributed by atoms with E-state index in [1.54, 1.807) is 47.2 Å². The largest absolute Gasteiger partial charge is 0.507 e. The minimum Gasteiger partial charge on any atom is -0.507 e. The van der Waals surface area contributed by atoms with Crippen molar-refractivity contribution >= 4 is 33.6 Å². The number of phenols is 1. The fourth-order valence-electron chi connectivity index (χ4n) is 2.36. The number of allylic oxidation sites excluding steroid dienone is 1. The van der Waals surface area contributed by atoms with Crippen LogP contribution in [0.3, 0.4) is 0 Å². The van der Waals surface area contributed by atoms with Gasteiger partial charge in [0.05, 0.1) is 24.1 Å². The Kier molecular flexibility index (Phi) is 6.36.